The molecule has 0 spiro atoms. The van der Waals surface area contributed by atoms with Gasteiger partial charge in [-0.25, -0.2) is 4.39 Å². The normalized spacial score (nSPS) is 12.0. The van der Waals surface area contributed by atoms with Gasteiger partial charge < -0.3 is 16.0 Å². The van der Waals surface area contributed by atoms with Gasteiger partial charge in [0.15, 0.2) is 5.11 Å². The molecule has 0 aliphatic carbocycles. The van der Waals surface area contributed by atoms with E-state index in [1.807, 2.05) is 54.6 Å². The van der Waals surface area contributed by atoms with E-state index in [9.17, 15) is 9.18 Å². The maximum atomic E-state index is 13.0. The summed E-state index contributed by atoms with van der Waals surface area (Å²) in [4.78, 5) is 12.6. The molecule has 1 atom stereocenters. The first kappa shape index (κ1) is 24.3. The second kappa shape index (κ2) is 11.0. The van der Waals surface area contributed by atoms with Gasteiger partial charge in [0.05, 0.1) is 6.42 Å². The first-order valence-corrected chi connectivity index (χ1v) is 11.1. The van der Waals surface area contributed by atoms with E-state index < -0.39 is 9.96 Å². The van der Waals surface area contributed by atoms with Gasteiger partial charge in [0.2, 0.25) is 9.70 Å². The highest BCUT2D eigenvalue weighted by atomic mass is 35.6. The van der Waals surface area contributed by atoms with Crippen molar-refractivity contribution in [3.05, 3.63) is 90.2 Å². The van der Waals surface area contributed by atoms with Gasteiger partial charge in [-0.2, -0.15) is 0 Å². The number of amides is 1. The van der Waals surface area contributed by atoms with E-state index in [1.165, 1.54) is 24.3 Å². The zero-order chi connectivity index (χ0) is 23.1. The summed E-state index contributed by atoms with van der Waals surface area (Å²) in [5, 5.41) is 8.35. The maximum Gasteiger partial charge on any atom is 0.228 e. The predicted octanol–water partition coefficient (Wildman–Crippen LogP) is 5.83. The monoisotopic (exact) mass is 509 g/mol. The van der Waals surface area contributed by atoms with Gasteiger partial charge in [0.25, 0.3) is 0 Å². The SMILES string of the molecule is O=C(Cc1ccc(-c2ccccc2)cc1)NC(NC(=S)Nc1ccc(F)cc1)C(Cl)(Cl)Cl. The standard InChI is InChI=1S/C23H19Cl3FN3OS/c24-23(25,26)21(30-22(32)28-19-12-10-18(27)11-13-19)29-20(31)14-15-6-8-17(9-7-15)16-4-2-1-3-5-16/h1-13,21H,14H2,(H,29,31)(H2,28,30,32). The summed E-state index contributed by atoms with van der Waals surface area (Å²) in [5.74, 6) is -0.733. The van der Waals surface area contributed by atoms with E-state index in [0.717, 1.165) is 16.7 Å². The molecule has 3 aromatic rings. The van der Waals surface area contributed by atoms with Crippen LogP contribution in [0.2, 0.25) is 0 Å². The molecule has 166 valence electrons. The molecule has 0 radical (unpaired) electrons. The van der Waals surface area contributed by atoms with Crippen molar-refractivity contribution in [2.24, 2.45) is 0 Å². The van der Waals surface area contributed by atoms with Gasteiger partial charge >= 0.3 is 0 Å². The minimum absolute atomic E-state index is 0.0894. The molecule has 0 aliphatic rings. The highest BCUT2D eigenvalue weighted by Crippen LogP contribution is 2.29. The summed E-state index contributed by atoms with van der Waals surface area (Å²) in [6.45, 7) is 0. The smallest absolute Gasteiger partial charge is 0.228 e. The first-order valence-electron chi connectivity index (χ1n) is 9.54. The molecule has 0 saturated heterocycles. The molecule has 0 aromatic heterocycles. The molecule has 0 heterocycles. The number of nitrogens with one attached hydrogen (secondary N) is 3. The summed E-state index contributed by atoms with van der Waals surface area (Å²) in [6.07, 6.45) is -1.00. The number of carbonyl (C=O) groups is 1. The number of thiocarbonyl (C=S) groups is 1. The Hall–Kier alpha value is -2.38. The fourth-order valence-electron chi connectivity index (χ4n) is 2.87. The van der Waals surface area contributed by atoms with Crippen LogP contribution in [0.15, 0.2) is 78.9 Å². The van der Waals surface area contributed by atoms with Gasteiger partial charge in [-0.15, -0.1) is 0 Å². The van der Waals surface area contributed by atoms with E-state index in [1.54, 1.807) is 0 Å². The molecule has 0 saturated carbocycles. The Morgan fingerprint density at radius 1 is 0.875 bits per heavy atom. The second-order valence-corrected chi connectivity index (χ2v) is 9.66. The highest BCUT2D eigenvalue weighted by Gasteiger charge is 2.34. The van der Waals surface area contributed by atoms with Crippen molar-refractivity contribution in [3.63, 3.8) is 0 Å². The Labute approximate surface area is 206 Å². The van der Waals surface area contributed by atoms with E-state index in [-0.39, 0.29) is 23.3 Å². The lowest BCUT2D eigenvalue weighted by Gasteiger charge is -2.27. The molecule has 1 amide bonds. The number of hydrogen-bond donors (Lipinski definition) is 3. The summed E-state index contributed by atoms with van der Waals surface area (Å²) in [7, 11) is 0. The number of alkyl halides is 3. The van der Waals surface area contributed by atoms with Gasteiger partial charge in [0, 0.05) is 5.69 Å². The summed E-state index contributed by atoms with van der Waals surface area (Å²) < 4.78 is 11.2. The molecule has 3 aromatic carbocycles. The third kappa shape index (κ3) is 7.35. The molecule has 0 fully saturated rings. The highest BCUT2D eigenvalue weighted by molar-refractivity contribution is 7.80. The van der Waals surface area contributed by atoms with Crippen molar-refractivity contribution in [1.82, 2.24) is 10.6 Å². The van der Waals surface area contributed by atoms with Crippen LogP contribution in [0, 0.1) is 5.82 Å². The van der Waals surface area contributed by atoms with Gasteiger partial charge in [0.1, 0.15) is 12.0 Å². The van der Waals surface area contributed by atoms with Crippen molar-refractivity contribution in [3.8, 4) is 11.1 Å². The van der Waals surface area contributed by atoms with Crippen LogP contribution in [-0.4, -0.2) is 21.0 Å². The minimum atomic E-state index is -1.87. The Morgan fingerprint density at radius 2 is 1.47 bits per heavy atom. The number of halogens is 4. The number of anilines is 1. The largest absolute Gasteiger partial charge is 0.339 e. The fourth-order valence-corrected chi connectivity index (χ4v) is 3.44. The van der Waals surface area contributed by atoms with Crippen LogP contribution in [0.4, 0.5) is 10.1 Å². The molecule has 0 bridgehead atoms. The summed E-state index contributed by atoms with van der Waals surface area (Å²) >= 11 is 23.3. The van der Waals surface area contributed by atoms with Crippen molar-refractivity contribution >= 4 is 63.7 Å². The zero-order valence-electron chi connectivity index (χ0n) is 16.6. The van der Waals surface area contributed by atoms with E-state index >= 15 is 0 Å². The van der Waals surface area contributed by atoms with Gasteiger partial charge in [-0.3, -0.25) is 4.79 Å². The average Bonchev–Trinajstić information content (AvgIpc) is 2.75. The van der Waals surface area contributed by atoms with Crippen LogP contribution in [-0.2, 0) is 11.2 Å². The molecule has 3 N–H and O–H groups in total. The summed E-state index contributed by atoms with van der Waals surface area (Å²) in [6, 6.07) is 23.1. The van der Waals surface area contributed by atoms with E-state index in [4.69, 9.17) is 47.0 Å². The van der Waals surface area contributed by atoms with Crippen molar-refractivity contribution in [2.45, 2.75) is 16.4 Å². The van der Waals surface area contributed by atoms with Crippen LogP contribution in [0.25, 0.3) is 11.1 Å². The average molecular weight is 511 g/mol. The van der Waals surface area contributed by atoms with Crippen LogP contribution in [0.1, 0.15) is 5.56 Å². The molecule has 9 heteroatoms. The molecular formula is C23H19Cl3FN3OS. The number of hydrogen-bond acceptors (Lipinski definition) is 2. The zero-order valence-corrected chi connectivity index (χ0v) is 19.7. The Kier molecular flexibility index (Phi) is 8.32. The molecule has 1 unspecified atom stereocenters. The third-order valence-corrected chi connectivity index (χ3v) is 5.31. The van der Waals surface area contributed by atoms with Crippen LogP contribution in [0.5, 0.6) is 0 Å². The molecular weight excluding hydrogens is 492 g/mol. The van der Waals surface area contributed by atoms with Crippen molar-refractivity contribution < 1.29 is 9.18 Å². The fraction of sp³-hybridized carbons (Fsp3) is 0.130. The van der Waals surface area contributed by atoms with Gasteiger partial charge in [-0.1, -0.05) is 89.4 Å². The molecule has 4 nitrogen and oxygen atoms in total. The number of carbonyl (C=O) groups excluding carboxylic acids is 1. The van der Waals surface area contributed by atoms with Crippen molar-refractivity contribution in [2.75, 3.05) is 5.32 Å². The lowest BCUT2D eigenvalue weighted by atomic mass is 10.0. The van der Waals surface area contributed by atoms with Crippen molar-refractivity contribution in [1.29, 1.82) is 0 Å². The minimum Gasteiger partial charge on any atom is -0.339 e. The molecule has 0 aliphatic heterocycles. The van der Waals surface area contributed by atoms with Crippen LogP contribution >= 0.6 is 47.0 Å². The second-order valence-electron chi connectivity index (χ2n) is 6.89. The van der Waals surface area contributed by atoms with E-state index in [0.29, 0.717) is 5.69 Å². The predicted molar refractivity (Wildman–Crippen MR) is 134 cm³/mol. The topological polar surface area (TPSA) is 53.2 Å². The van der Waals surface area contributed by atoms with Crippen LogP contribution < -0.4 is 16.0 Å². The molecule has 3 rings (SSSR count). The maximum absolute atomic E-state index is 13.0. The number of benzene rings is 3. The Balaban J connectivity index is 1.59. The first-order chi connectivity index (χ1) is 15.2. The Morgan fingerprint density at radius 3 is 2.06 bits per heavy atom. The quantitative estimate of drug-likeness (QED) is 0.222. The lowest BCUT2D eigenvalue weighted by molar-refractivity contribution is -0.121. The Bertz CT molecular complexity index is 1060. The summed E-state index contributed by atoms with van der Waals surface area (Å²) in [5.41, 5.74) is 3.48. The van der Waals surface area contributed by atoms with Crippen LogP contribution in [0.3, 0.4) is 0 Å². The third-order valence-electron chi connectivity index (χ3n) is 4.44. The number of rotatable bonds is 6. The molecule has 32 heavy (non-hydrogen) atoms. The van der Waals surface area contributed by atoms with Gasteiger partial charge in [-0.05, 0) is 53.2 Å². The lowest BCUT2D eigenvalue weighted by Crippen LogP contribution is -2.56. The van der Waals surface area contributed by atoms with E-state index in [2.05, 4.69) is 16.0 Å².